The number of nitrogens with two attached hydrogens (primary N) is 1. The highest BCUT2D eigenvalue weighted by molar-refractivity contribution is 7.89. The molecule has 6 heteroatoms. The predicted octanol–water partition coefficient (Wildman–Crippen LogP) is 0.290. The fourth-order valence-electron chi connectivity index (χ4n) is 2.23. The molecule has 0 saturated carbocycles. The van der Waals surface area contributed by atoms with Gasteiger partial charge in [0, 0.05) is 24.2 Å². The minimum atomic E-state index is -3.34. The highest BCUT2D eigenvalue weighted by Crippen LogP contribution is 2.40. The third-order valence-corrected chi connectivity index (χ3v) is 5.16. The first-order valence-electron chi connectivity index (χ1n) is 5.45. The van der Waals surface area contributed by atoms with Crippen LogP contribution in [-0.4, -0.2) is 39.0 Å². The molecule has 2 heterocycles. The van der Waals surface area contributed by atoms with E-state index in [-0.39, 0.29) is 5.41 Å². The van der Waals surface area contributed by atoms with E-state index in [9.17, 15) is 8.42 Å². The van der Waals surface area contributed by atoms with Crippen LogP contribution in [0.2, 0.25) is 0 Å². The predicted molar refractivity (Wildman–Crippen MR) is 62.9 cm³/mol. The van der Waals surface area contributed by atoms with Crippen LogP contribution < -0.4 is 5.73 Å². The van der Waals surface area contributed by atoms with E-state index < -0.39 is 10.0 Å². The number of sulfonamides is 1. The van der Waals surface area contributed by atoms with Gasteiger partial charge in [-0.15, -0.1) is 0 Å². The van der Waals surface area contributed by atoms with Gasteiger partial charge in [-0.25, -0.2) is 8.42 Å². The smallest absolute Gasteiger partial charge is 0.243 e. The summed E-state index contributed by atoms with van der Waals surface area (Å²) in [6.45, 7) is 2.50. The zero-order valence-corrected chi connectivity index (χ0v) is 10.1. The molecule has 1 aromatic rings. The van der Waals surface area contributed by atoms with Crippen LogP contribution >= 0.6 is 0 Å². The fourth-order valence-corrected chi connectivity index (χ4v) is 3.90. The number of rotatable bonds is 2. The van der Waals surface area contributed by atoms with E-state index in [1.165, 1.54) is 4.31 Å². The van der Waals surface area contributed by atoms with E-state index in [4.69, 9.17) is 10.5 Å². The molecule has 2 saturated heterocycles. The van der Waals surface area contributed by atoms with Gasteiger partial charge in [-0.1, -0.05) is 0 Å². The van der Waals surface area contributed by atoms with E-state index in [0.29, 0.717) is 36.9 Å². The Morgan fingerprint density at radius 3 is 2.24 bits per heavy atom. The molecular formula is C11H14N2O3S. The largest absolute Gasteiger partial charge is 0.399 e. The molecule has 0 aromatic heterocycles. The van der Waals surface area contributed by atoms with Crippen molar-refractivity contribution in [3.8, 4) is 0 Å². The Bertz CT molecular complexity index is 526. The average Bonchev–Trinajstić information content (AvgIpc) is 2.13. The molecule has 17 heavy (non-hydrogen) atoms. The van der Waals surface area contributed by atoms with Crippen molar-refractivity contribution in [2.45, 2.75) is 4.90 Å². The highest BCUT2D eigenvalue weighted by atomic mass is 32.2. The number of ether oxygens (including phenoxy) is 1. The second-order valence-corrected chi connectivity index (χ2v) is 6.77. The number of benzene rings is 1. The molecule has 5 nitrogen and oxygen atoms in total. The van der Waals surface area contributed by atoms with Gasteiger partial charge >= 0.3 is 0 Å². The quantitative estimate of drug-likeness (QED) is 0.770. The van der Waals surface area contributed by atoms with Crippen molar-refractivity contribution < 1.29 is 13.2 Å². The van der Waals surface area contributed by atoms with Crippen LogP contribution in [0.5, 0.6) is 0 Å². The summed E-state index contributed by atoms with van der Waals surface area (Å²) >= 11 is 0. The zero-order chi connectivity index (χ0) is 12.1. The van der Waals surface area contributed by atoms with Gasteiger partial charge in [0.25, 0.3) is 0 Å². The van der Waals surface area contributed by atoms with E-state index in [2.05, 4.69) is 0 Å². The van der Waals surface area contributed by atoms with Gasteiger partial charge < -0.3 is 10.5 Å². The summed E-state index contributed by atoms with van der Waals surface area (Å²) in [6, 6.07) is 6.31. The minimum Gasteiger partial charge on any atom is -0.399 e. The van der Waals surface area contributed by atoms with Crippen molar-refractivity contribution in [1.82, 2.24) is 4.31 Å². The third kappa shape index (κ3) is 1.64. The van der Waals surface area contributed by atoms with E-state index in [0.717, 1.165) is 0 Å². The van der Waals surface area contributed by atoms with Gasteiger partial charge in [0.1, 0.15) is 0 Å². The van der Waals surface area contributed by atoms with Crippen LogP contribution in [0.15, 0.2) is 29.2 Å². The Labute approximate surface area is 100 Å². The van der Waals surface area contributed by atoms with Crippen LogP contribution in [0, 0.1) is 5.41 Å². The Morgan fingerprint density at radius 1 is 1.18 bits per heavy atom. The van der Waals surface area contributed by atoms with Crippen molar-refractivity contribution in [2.75, 3.05) is 32.0 Å². The topological polar surface area (TPSA) is 72.6 Å². The standard InChI is InChI=1S/C11H14N2O3S/c12-9-1-3-10(4-2-9)17(14,15)13-5-11(6-13)7-16-8-11/h1-4H,5-8,12H2. The maximum absolute atomic E-state index is 12.2. The maximum atomic E-state index is 12.2. The Balaban J connectivity index is 1.80. The lowest BCUT2D eigenvalue weighted by Gasteiger charge is -2.53. The summed E-state index contributed by atoms with van der Waals surface area (Å²) in [4.78, 5) is 0.307. The normalized spacial score (nSPS) is 23.1. The van der Waals surface area contributed by atoms with Crippen LogP contribution in [0.25, 0.3) is 0 Å². The number of hydrogen-bond donors (Lipinski definition) is 1. The Kier molecular flexibility index (Phi) is 2.23. The number of nitrogens with zero attached hydrogens (tertiary/aromatic N) is 1. The van der Waals surface area contributed by atoms with Crippen LogP contribution in [0.3, 0.4) is 0 Å². The molecular weight excluding hydrogens is 240 g/mol. The van der Waals surface area contributed by atoms with Crippen molar-refractivity contribution in [1.29, 1.82) is 0 Å². The van der Waals surface area contributed by atoms with E-state index in [1.54, 1.807) is 24.3 Å². The lowest BCUT2D eigenvalue weighted by Crippen LogP contribution is -2.66. The monoisotopic (exact) mass is 254 g/mol. The average molecular weight is 254 g/mol. The van der Waals surface area contributed by atoms with Crippen molar-refractivity contribution in [2.24, 2.45) is 5.41 Å². The van der Waals surface area contributed by atoms with Gasteiger partial charge in [-0.2, -0.15) is 4.31 Å². The van der Waals surface area contributed by atoms with Gasteiger partial charge in [0.05, 0.1) is 18.1 Å². The van der Waals surface area contributed by atoms with Crippen molar-refractivity contribution >= 4 is 15.7 Å². The molecule has 0 amide bonds. The first-order valence-corrected chi connectivity index (χ1v) is 6.89. The summed E-state index contributed by atoms with van der Waals surface area (Å²) in [5.41, 5.74) is 6.21. The minimum absolute atomic E-state index is 0.0981. The number of nitrogen functional groups attached to an aromatic ring is 1. The molecule has 0 unspecified atom stereocenters. The maximum Gasteiger partial charge on any atom is 0.243 e. The molecule has 2 N–H and O–H groups in total. The zero-order valence-electron chi connectivity index (χ0n) is 9.30. The van der Waals surface area contributed by atoms with Crippen LogP contribution in [0.1, 0.15) is 0 Å². The SMILES string of the molecule is Nc1ccc(S(=O)(=O)N2CC3(COC3)C2)cc1. The van der Waals surface area contributed by atoms with Gasteiger partial charge in [0.15, 0.2) is 0 Å². The van der Waals surface area contributed by atoms with E-state index in [1.807, 2.05) is 0 Å². The number of hydrogen-bond acceptors (Lipinski definition) is 4. The Hall–Kier alpha value is -1.11. The first-order chi connectivity index (χ1) is 8.02. The van der Waals surface area contributed by atoms with E-state index >= 15 is 0 Å². The summed E-state index contributed by atoms with van der Waals surface area (Å²) in [5.74, 6) is 0. The Morgan fingerprint density at radius 2 is 1.76 bits per heavy atom. The molecule has 0 radical (unpaired) electrons. The molecule has 0 aliphatic carbocycles. The molecule has 92 valence electrons. The lowest BCUT2D eigenvalue weighted by atomic mass is 9.80. The number of anilines is 1. The fraction of sp³-hybridized carbons (Fsp3) is 0.455. The van der Waals surface area contributed by atoms with Crippen molar-refractivity contribution in [3.05, 3.63) is 24.3 Å². The molecule has 3 rings (SSSR count). The molecule has 0 bridgehead atoms. The lowest BCUT2D eigenvalue weighted by molar-refractivity contribution is -0.166. The molecule has 2 aliphatic heterocycles. The second-order valence-electron chi connectivity index (χ2n) is 4.83. The molecule has 1 aromatic carbocycles. The van der Waals surface area contributed by atoms with Crippen LogP contribution in [-0.2, 0) is 14.8 Å². The molecule has 1 spiro atoms. The molecule has 2 fully saturated rings. The van der Waals surface area contributed by atoms with Crippen molar-refractivity contribution in [3.63, 3.8) is 0 Å². The molecule has 2 aliphatic rings. The molecule has 0 atom stereocenters. The van der Waals surface area contributed by atoms with Crippen LogP contribution in [0.4, 0.5) is 5.69 Å². The third-order valence-electron chi connectivity index (χ3n) is 3.36. The summed E-state index contributed by atoms with van der Waals surface area (Å²) < 4.78 is 31.0. The van der Waals surface area contributed by atoms with Gasteiger partial charge in [0.2, 0.25) is 10.0 Å². The highest BCUT2D eigenvalue weighted by Gasteiger charge is 2.53. The summed E-state index contributed by atoms with van der Waals surface area (Å²) in [7, 11) is -3.34. The van der Waals surface area contributed by atoms with Gasteiger partial charge in [-0.3, -0.25) is 0 Å². The second kappa shape index (κ2) is 3.44. The summed E-state index contributed by atoms with van der Waals surface area (Å²) in [5, 5.41) is 0. The first kappa shape index (κ1) is 11.0. The summed E-state index contributed by atoms with van der Waals surface area (Å²) in [6.07, 6.45) is 0. The van der Waals surface area contributed by atoms with Gasteiger partial charge in [-0.05, 0) is 24.3 Å².